The summed E-state index contributed by atoms with van der Waals surface area (Å²) in [4.78, 5) is 2.61. The van der Waals surface area contributed by atoms with Crippen LogP contribution < -0.4 is 4.90 Å². The van der Waals surface area contributed by atoms with Gasteiger partial charge in [0.1, 0.15) is 5.54 Å². The van der Waals surface area contributed by atoms with Gasteiger partial charge in [-0.25, -0.2) is 12.4 Å². The molecule has 2 aromatic heterocycles. The Morgan fingerprint density at radius 3 is 1.78 bits per heavy atom. The summed E-state index contributed by atoms with van der Waals surface area (Å²) in [7, 11) is -3.87. The summed E-state index contributed by atoms with van der Waals surface area (Å²) in [6.45, 7) is 3.23. The van der Waals surface area contributed by atoms with Crippen molar-refractivity contribution < 1.29 is 13.2 Å². The van der Waals surface area contributed by atoms with E-state index in [9.17, 15) is 8.42 Å². The van der Waals surface area contributed by atoms with Gasteiger partial charge in [0.15, 0.2) is 0 Å². The third kappa shape index (κ3) is 6.06. The van der Waals surface area contributed by atoms with Crippen LogP contribution in [0.5, 0.6) is 0 Å². The monoisotopic (exact) mass is 840 g/mol. The zero-order valence-corrected chi connectivity index (χ0v) is 32.3. The van der Waals surface area contributed by atoms with Crippen LogP contribution in [0.3, 0.4) is 0 Å². The predicted octanol–water partition coefficient (Wildman–Crippen LogP) is 8.76. The van der Waals surface area contributed by atoms with Gasteiger partial charge in [0.2, 0.25) is 0 Å². The smallest absolute Gasteiger partial charge is 0.268 e. The first-order valence-corrected chi connectivity index (χ1v) is 21.7. The maximum atomic E-state index is 14.3. The normalized spacial score (nSPS) is 14.6. The third-order valence-electron chi connectivity index (χ3n) is 10.2. The summed E-state index contributed by atoms with van der Waals surface area (Å²) in [5, 5.41) is 5.13. The van der Waals surface area contributed by atoms with Crippen LogP contribution in [0.1, 0.15) is 27.8 Å². The molecule has 7 nitrogen and oxygen atoms in total. The number of hydrogen-bond acceptors (Lipinski definition) is 5. The van der Waals surface area contributed by atoms with Crippen molar-refractivity contribution in [3.63, 3.8) is 0 Å². The Morgan fingerprint density at radius 1 is 0.648 bits per heavy atom. The van der Waals surface area contributed by atoms with Gasteiger partial charge in [-0.05, 0) is 62.2 Å². The number of hydrogen-bond donors (Lipinski definition) is 0. The minimum atomic E-state index is -3.87. The van der Waals surface area contributed by atoms with Gasteiger partial charge >= 0.3 is 0 Å². The van der Waals surface area contributed by atoms with E-state index in [1.165, 1.54) is 9.66 Å². The van der Waals surface area contributed by atoms with Gasteiger partial charge in [-0.1, -0.05) is 142 Å². The zero-order valence-electron chi connectivity index (χ0n) is 29.4. The molecule has 9 rings (SSSR count). The molecule has 1 fully saturated rings. The number of morpholine rings is 1. The average molecular weight is 841 g/mol. The Bertz CT molecular complexity index is 2480. The van der Waals surface area contributed by atoms with Crippen molar-refractivity contribution in [1.29, 1.82) is 0 Å². The highest BCUT2D eigenvalue weighted by molar-refractivity contribution is 14.2. The Kier molecular flexibility index (Phi) is 9.22. The summed E-state index contributed by atoms with van der Waals surface area (Å²) >= 11 is -0.833. The Labute approximate surface area is 325 Å². The van der Waals surface area contributed by atoms with Gasteiger partial charge in [0, 0.05) is 47.9 Å². The summed E-state index contributed by atoms with van der Waals surface area (Å²) < 4.78 is 40.8. The lowest BCUT2D eigenvalue weighted by molar-refractivity contribution is 0.122. The molecule has 2 aliphatic heterocycles. The van der Waals surface area contributed by atoms with Crippen molar-refractivity contribution in [1.82, 2.24) is 13.8 Å². The number of nitrogens with zero attached hydrogens (tertiary/aromatic N) is 4. The molecule has 9 heteroatoms. The molecule has 0 N–H and O–H groups in total. The standard InChI is InChI=1S/C45H37IN4O3S/c51-54(52,41-19-11-4-12-20-41)49-33-43(42-29-35(30-46-44(42)49)34-21-23-40(24-22-34)48-25-27-53-28-26-48)36-31-47-50(32-36)45(37-13-5-1-6-14-37,38-15-7-2-8-16-38)39-17-9-3-10-18-39/h1-24,29-33H,25-28H2. The molecule has 0 aliphatic carbocycles. The summed E-state index contributed by atoms with van der Waals surface area (Å²) in [6, 6.07) is 48.7. The number of fused-ring (bicyclic) bond motifs is 1. The van der Waals surface area contributed by atoms with Crippen LogP contribution in [0.4, 0.5) is 5.69 Å². The van der Waals surface area contributed by atoms with Gasteiger partial charge in [-0.2, -0.15) is 5.10 Å². The van der Waals surface area contributed by atoms with Gasteiger partial charge < -0.3 is 9.64 Å². The maximum Gasteiger partial charge on any atom is 0.268 e. The molecule has 4 heterocycles. The molecule has 268 valence electrons. The van der Waals surface area contributed by atoms with Crippen molar-refractivity contribution in [3.8, 4) is 11.1 Å². The van der Waals surface area contributed by atoms with Crippen LogP contribution >= 0.6 is 20.7 Å². The number of anilines is 1. The molecule has 0 saturated carbocycles. The Morgan fingerprint density at radius 2 is 1.20 bits per heavy atom. The predicted molar refractivity (Wildman–Crippen MR) is 225 cm³/mol. The van der Waals surface area contributed by atoms with E-state index in [0.717, 1.165) is 74.5 Å². The molecule has 0 atom stereocenters. The van der Waals surface area contributed by atoms with Gasteiger partial charge in [0.05, 0.1) is 28.0 Å². The number of allylic oxidation sites excluding steroid dienone is 1. The molecule has 0 amide bonds. The molecule has 1 saturated heterocycles. The molecule has 0 radical (unpaired) electrons. The molecule has 7 aromatic rings. The molecule has 0 spiro atoms. The second kappa shape index (κ2) is 14.5. The van der Waals surface area contributed by atoms with Gasteiger partial charge in [0.25, 0.3) is 10.0 Å². The fourth-order valence-corrected chi connectivity index (χ4v) is 12.2. The maximum absolute atomic E-state index is 14.3. The van der Waals surface area contributed by atoms with Crippen LogP contribution in [0.25, 0.3) is 22.8 Å². The van der Waals surface area contributed by atoms with Gasteiger partial charge in [-0.15, -0.1) is 0 Å². The van der Waals surface area contributed by atoms with E-state index in [-0.39, 0.29) is 4.90 Å². The van der Waals surface area contributed by atoms with Crippen molar-refractivity contribution >= 4 is 52.1 Å². The van der Waals surface area contributed by atoms with Crippen molar-refractivity contribution in [2.45, 2.75) is 10.4 Å². The Hall–Kier alpha value is -5.36. The van der Waals surface area contributed by atoms with E-state index in [2.05, 4.69) is 118 Å². The molecular weight excluding hydrogens is 803 g/mol. The molecular formula is C45H37IN4O3S. The van der Waals surface area contributed by atoms with E-state index >= 15 is 0 Å². The highest BCUT2D eigenvalue weighted by Gasteiger charge is 2.39. The van der Waals surface area contributed by atoms with Crippen LogP contribution in [0, 0.1) is 3.70 Å². The second-order valence-corrected chi connectivity index (χ2v) is 17.4. The first-order valence-electron chi connectivity index (χ1n) is 17.9. The lowest BCUT2D eigenvalue weighted by atomic mass is 9.77. The second-order valence-electron chi connectivity index (χ2n) is 13.3. The summed E-state index contributed by atoms with van der Waals surface area (Å²) in [6.07, 6.45) is 7.91. The van der Waals surface area contributed by atoms with E-state index < -0.39 is 36.3 Å². The minimum Gasteiger partial charge on any atom is -0.378 e. The van der Waals surface area contributed by atoms with E-state index in [0.29, 0.717) is 0 Å². The summed E-state index contributed by atoms with van der Waals surface area (Å²) in [5.74, 6) is 0. The fourth-order valence-electron chi connectivity index (χ4n) is 7.54. The van der Waals surface area contributed by atoms with Crippen molar-refractivity contribution in [2.75, 3.05) is 31.2 Å². The lowest BCUT2D eigenvalue weighted by Gasteiger charge is -2.36. The number of aromatic nitrogens is 3. The Balaban J connectivity index is 1.22. The number of halogens is 1. The van der Waals surface area contributed by atoms with E-state index in [1.54, 1.807) is 30.5 Å². The fraction of sp³-hybridized carbons (Fsp3) is 0.111. The first kappa shape index (κ1) is 34.4. The highest BCUT2D eigenvalue weighted by atomic mass is 127. The molecule has 0 bridgehead atoms. The molecule has 2 aliphatic rings. The summed E-state index contributed by atoms with van der Waals surface area (Å²) in [5.41, 5.74) is 8.35. The van der Waals surface area contributed by atoms with Gasteiger partial charge in [-0.3, -0.25) is 4.68 Å². The van der Waals surface area contributed by atoms with Crippen molar-refractivity contribution in [3.05, 3.63) is 196 Å². The van der Waals surface area contributed by atoms with Crippen LogP contribution in [0.15, 0.2) is 169 Å². The molecule has 5 aromatic carbocycles. The quantitative estimate of drug-likeness (QED) is 0.108. The average Bonchev–Trinajstić information content (AvgIpc) is 3.89. The molecule has 54 heavy (non-hydrogen) atoms. The number of benzene rings is 5. The minimum absolute atomic E-state index is 0.263. The van der Waals surface area contributed by atoms with Crippen LogP contribution in [-0.2, 0) is 20.3 Å². The first-order chi connectivity index (χ1) is 26.5. The largest absolute Gasteiger partial charge is 0.378 e. The lowest BCUT2D eigenvalue weighted by Crippen LogP contribution is -2.38. The molecule has 0 unspecified atom stereocenters. The van der Waals surface area contributed by atoms with E-state index in [4.69, 9.17) is 9.84 Å². The number of rotatable bonds is 9. The topological polar surface area (TPSA) is 69.4 Å². The SMILES string of the molecule is O=S(=O)(c1ccccc1)n1cc(-c2cnn(C(c3ccccc3)(c3ccccc3)c3ccccc3)c2)c2c1I=CC(c1ccc(N3CCOCC3)cc1)=C2. The van der Waals surface area contributed by atoms with Crippen LogP contribution in [-0.4, -0.2) is 52.5 Å². The number of ether oxygens (including phenoxy) is 1. The van der Waals surface area contributed by atoms with Crippen LogP contribution in [0.2, 0.25) is 0 Å². The highest BCUT2D eigenvalue weighted by Crippen LogP contribution is 2.43. The van der Waals surface area contributed by atoms with E-state index in [1.807, 2.05) is 35.1 Å². The van der Waals surface area contributed by atoms with Crippen molar-refractivity contribution in [2.24, 2.45) is 0 Å². The third-order valence-corrected chi connectivity index (χ3v) is 14.9. The zero-order chi connectivity index (χ0) is 36.5.